The van der Waals surface area contributed by atoms with E-state index in [-0.39, 0.29) is 67.6 Å². The third kappa shape index (κ3) is 15.6. The summed E-state index contributed by atoms with van der Waals surface area (Å²) >= 11 is 0. The summed E-state index contributed by atoms with van der Waals surface area (Å²) in [6.07, 6.45) is -0.704. The van der Waals surface area contributed by atoms with Gasteiger partial charge < -0.3 is 52.3 Å². The number of aliphatic carboxylic acids is 2. The number of H-pyrrole nitrogens is 1. The monoisotopic (exact) mass is 889 g/mol. The van der Waals surface area contributed by atoms with Crippen molar-refractivity contribution in [1.29, 1.82) is 0 Å². The Hall–Kier alpha value is -6.63. The fourth-order valence-corrected chi connectivity index (χ4v) is 6.85. The van der Waals surface area contributed by atoms with Crippen molar-refractivity contribution < 1.29 is 44.4 Å². The number of carboxylic acids is 2. The predicted octanol–water partition coefficient (Wildman–Crippen LogP) is -0.915. The van der Waals surface area contributed by atoms with Crippen LogP contribution in [0, 0.1) is 0 Å². The van der Waals surface area contributed by atoms with Crippen LogP contribution in [0.25, 0.3) is 11.2 Å². The number of likely N-dealkylation sites (N-methyl/N-ethyl adjacent to an activating group) is 1. The van der Waals surface area contributed by atoms with Gasteiger partial charge in [0.05, 0.1) is 31.5 Å². The van der Waals surface area contributed by atoms with Crippen molar-refractivity contribution in [3.63, 3.8) is 0 Å². The molecule has 1 fully saturated rings. The summed E-state index contributed by atoms with van der Waals surface area (Å²) in [6, 6.07) is 11.4. The first-order valence-electron chi connectivity index (χ1n) is 20.7. The fraction of sp³-hybridized carbons (Fsp3) is 0.439. The molecule has 0 aliphatic carbocycles. The Kier molecular flexibility index (Phi) is 17.9. The fourth-order valence-electron chi connectivity index (χ4n) is 6.85. The van der Waals surface area contributed by atoms with Gasteiger partial charge in [-0.05, 0) is 61.5 Å². The van der Waals surface area contributed by atoms with E-state index in [0.29, 0.717) is 75.1 Å². The molecule has 5 rings (SSSR count). The Labute approximate surface area is 367 Å². The van der Waals surface area contributed by atoms with E-state index in [9.17, 15) is 49.2 Å². The van der Waals surface area contributed by atoms with Gasteiger partial charge in [0, 0.05) is 87.9 Å². The number of anilines is 4. The number of aliphatic hydroxyl groups is 2. The molecule has 0 spiro atoms. The Morgan fingerprint density at radius 3 is 1.94 bits per heavy atom. The molecule has 2 aromatic heterocycles. The zero-order chi connectivity index (χ0) is 46.2. The van der Waals surface area contributed by atoms with Crippen molar-refractivity contribution in [1.82, 2.24) is 44.9 Å². The second kappa shape index (κ2) is 23.7. The standard InChI is InChI=1S/C41H55N13O10/c1-2-51-13-15-52(17-18-54(25-35(60)61)20-19-53(16-14-51)24-34(58)59)23-32(55)45-28-7-9-29(10-8-28)47-39(63)31(11-12-33(56)57)48-38(62)26-3-5-27(6-4-26)43-21-30-22-44-37-36(46-30)40(64)50-41(42)49-37/h3-10,22,31,35,43,60-61H,2,11-21,23-25H2,1H3,(H,45,55)(H,47,63)(H,48,62)(H,56,57)(H,58,59)(H3,42,44,49,50,64). The normalized spacial score (nSPS) is 15.4. The highest BCUT2D eigenvalue weighted by atomic mass is 16.5. The summed E-state index contributed by atoms with van der Waals surface area (Å²) in [4.78, 5) is 97.5. The van der Waals surface area contributed by atoms with Gasteiger partial charge in [-0.2, -0.15) is 4.98 Å². The first-order chi connectivity index (χ1) is 30.6. The second-order valence-corrected chi connectivity index (χ2v) is 15.2. The quantitative estimate of drug-likeness (QED) is 0.0540. The van der Waals surface area contributed by atoms with E-state index in [1.165, 1.54) is 18.3 Å². The number of β-amino-alcohol motifs (C(OH)–C–C–N with tert-alkyl or cyclic N) is 2. The van der Waals surface area contributed by atoms with Gasteiger partial charge in [-0.3, -0.25) is 48.5 Å². The molecule has 23 nitrogen and oxygen atoms in total. The molecule has 344 valence electrons. The zero-order valence-corrected chi connectivity index (χ0v) is 35.4. The first kappa shape index (κ1) is 48.4. The number of aromatic nitrogens is 4. The van der Waals surface area contributed by atoms with E-state index in [2.05, 4.69) is 46.1 Å². The maximum Gasteiger partial charge on any atom is 0.317 e. The van der Waals surface area contributed by atoms with Crippen LogP contribution in [0.4, 0.5) is 23.0 Å². The van der Waals surface area contributed by atoms with Gasteiger partial charge in [0.15, 0.2) is 17.5 Å². The van der Waals surface area contributed by atoms with Gasteiger partial charge in [-0.15, -0.1) is 0 Å². The van der Waals surface area contributed by atoms with Crippen molar-refractivity contribution in [3.05, 3.63) is 76.3 Å². The predicted molar refractivity (Wildman–Crippen MR) is 235 cm³/mol. The van der Waals surface area contributed by atoms with Crippen molar-refractivity contribution in [2.24, 2.45) is 0 Å². The van der Waals surface area contributed by atoms with E-state index in [1.807, 2.05) is 21.6 Å². The van der Waals surface area contributed by atoms with Crippen LogP contribution in [0.3, 0.4) is 0 Å². The van der Waals surface area contributed by atoms with E-state index in [1.54, 1.807) is 36.4 Å². The molecule has 11 N–H and O–H groups in total. The lowest BCUT2D eigenvalue weighted by Crippen LogP contribution is -2.49. The highest BCUT2D eigenvalue weighted by Gasteiger charge is 2.24. The molecule has 3 amide bonds. The number of aliphatic hydroxyl groups excluding tert-OH is 1. The maximum atomic E-state index is 13.4. The van der Waals surface area contributed by atoms with E-state index in [4.69, 9.17) is 5.73 Å². The number of aromatic amines is 1. The second-order valence-electron chi connectivity index (χ2n) is 15.2. The molecule has 0 bridgehead atoms. The van der Waals surface area contributed by atoms with Gasteiger partial charge >= 0.3 is 11.9 Å². The number of carbonyl (C=O) groups excluding carboxylic acids is 3. The van der Waals surface area contributed by atoms with Crippen LogP contribution in [0.1, 0.15) is 35.8 Å². The molecular weight excluding hydrogens is 835 g/mol. The van der Waals surface area contributed by atoms with Gasteiger partial charge in [0.1, 0.15) is 6.04 Å². The van der Waals surface area contributed by atoms with Crippen molar-refractivity contribution in [2.75, 3.05) is 100 Å². The number of nitrogens with two attached hydrogens (primary N) is 1. The lowest BCUT2D eigenvalue weighted by Gasteiger charge is -2.33. The summed E-state index contributed by atoms with van der Waals surface area (Å²) in [5.74, 6) is -3.71. The van der Waals surface area contributed by atoms with Crippen LogP contribution >= 0.6 is 0 Å². The minimum absolute atomic E-state index is 0.0302. The van der Waals surface area contributed by atoms with Crippen LogP contribution in [0.15, 0.2) is 59.5 Å². The molecule has 1 aliphatic rings. The van der Waals surface area contributed by atoms with E-state index in [0.717, 1.165) is 6.54 Å². The van der Waals surface area contributed by atoms with Crippen LogP contribution in [0.5, 0.6) is 0 Å². The van der Waals surface area contributed by atoms with Crippen LogP contribution in [0.2, 0.25) is 0 Å². The van der Waals surface area contributed by atoms with Gasteiger partial charge in [-0.25, -0.2) is 9.97 Å². The number of nitrogens with one attached hydrogen (secondary N) is 5. The Morgan fingerprint density at radius 1 is 0.766 bits per heavy atom. The third-order valence-electron chi connectivity index (χ3n) is 10.3. The largest absolute Gasteiger partial charge is 0.481 e. The molecule has 0 radical (unpaired) electrons. The molecule has 1 aliphatic heterocycles. The number of hydrogen-bond donors (Lipinski definition) is 10. The average molecular weight is 890 g/mol. The molecule has 23 heteroatoms. The summed E-state index contributed by atoms with van der Waals surface area (Å²) in [6.45, 7) is 6.83. The SMILES string of the molecule is CCN1CCN(CC(=O)O)CCN(CC(O)O)CCN(CC(=O)Nc2ccc(NC(=O)C(CCC(=O)O)NC(=O)c3ccc(NCc4cnc5nc(N)[nH]c(=O)c5n4)cc3)cc2)CC1. The highest BCUT2D eigenvalue weighted by molar-refractivity contribution is 6.01. The topological polar surface area (TPSA) is 325 Å². The van der Waals surface area contributed by atoms with Crippen molar-refractivity contribution >= 4 is 63.8 Å². The number of hydrogen-bond acceptors (Lipinski definition) is 17. The zero-order valence-electron chi connectivity index (χ0n) is 35.4. The number of carboxylic acid groups (broad SMARTS) is 2. The summed E-state index contributed by atoms with van der Waals surface area (Å²) in [7, 11) is 0. The van der Waals surface area contributed by atoms with Crippen molar-refractivity contribution in [2.45, 2.75) is 38.6 Å². The molecule has 3 heterocycles. The van der Waals surface area contributed by atoms with Gasteiger partial charge in [-0.1, -0.05) is 6.92 Å². The number of amides is 3. The van der Waals surface area contributed by atoms with E-state index >= 15 is 0 Å². The Balaban J connectivity index is 1.14. The minimum Gasteiger partial charge on any atom is -0.481 e. The molecular formula is C41H55N13O10. The molecule has 1 saturated heterocycles. The van der Waals surface area contributed by atoms with E-state index < -0.39 is 41.6 Å². The smallest absolute Gasteiger partial charge is 0.317 e. The lowest BCUT2D eigenvalue weighted by molar-refractivity contribution is -0.139. The first-order valence-corrected chi connectivity index (χ1v) is 20.7. The summed E-state index contributed by atoms with van der Waals surface area (Å²) < 4.78 is 0. The number of fused-ring (bicyclic) bond motifs is 1. The number of carbonyl (C=O) groups is 5. The van der Waals surface area contributed by atoms with Gasteiger partial charge in [0.25, 0.3) is 11.5 Å². The third-order valence-corrected chi connectivity index (χ3v) is 10.3. The van der Waals surface area contributed by atoms with Crippen molar-refractivity contribution in [3.8, 4) is 0 Å². The molecule has 64 heavy (non-hydrogen) atoms. The molecule has 4 aromatic rings. The van der Waals surface area contributed by atoms with Crippen LogP contribution < -0.4 is 32.6 Å². The van der Waals surface area contributed by atoms with Crippen LogP contribution in [-0.2, 0) is 25.7 Å². The van der Waals surface area contributed by atoms with Gasteiger partial charge in [0.2, 0.25) is 17.8 Å². The number of nitrogen functional groups attached to an aromatic ring is 1. The highest BCUT2D eigenvalue weighted by Crippen LogP contribution is 2.16. The summed E-state index contributed by atoms with van der Waals surface area (Å²) in [5.41, 5.74) is 7.24. The van der Waals surface area contributed by atoms with Crippen LogP contribution in [-0.4, -0.2) is 180 Å². The number of benzene rings is 2. The number of nitrogens with zero attached hydrogens (tertiary/aromatic N) is 7. The molecule has 0 saturated carbocycles. The average Bonchev–Trinajstić information content (AvgIpc) is 3.24. The Bertz CT molecular complexity index is 2280. The molecule has 1 atom stereocenters. The maximum absolute atomic E-state index is 13.4. The molecule has 2 aromatic carbocycles. The molecule has 1 unspecified atom stereocenters. The Morgan fingerprint density at radius 2 is 1.34 bits per heavy atom. The minimum atomic E-state index is -1.58. The summed E-state index contributed by atoms with van der Waals surface area (Å²) in [5, 5.41) is 49.4. The lowest BCUT2D eigenvalue weighted by atomic mass is 10.1. The number of rotatable bonds is 18.